The van der Waals surface area contributed by atoms with Crippen LogP contribution in [0, 0.1) is 29.6 Å². The van der Waals surface area contributed by atoms with E-state index in [1.807, 2.05) is 78.9 Å². The Balaban J connectivity index is 0.000000202. The van der Waals surface area contributed by atoms with E-state index in [2.05, 4.69) is 71.0 Å². The van der Waals surface area contributed by atoms with Gasteiger partial charge in [-0.15, -0.1) is 0 Å². The maximum atomic E-state index is 12.0. The summed E-state index contributed by atoms with van der Waals surface area (Å²) in [4.78, 5) is 12.0. The van der Waals surface area contributed by atoms with Crippen LogP contribution >= 0.6 is 0 Å². The number of esters is 1. The first kappa shape index (κ1) is 53.2. The third-order valence-corrected chi connectivity index (χ3v) is 13.2. The summed E-state index contributed by atoms with van der Waals surface area (Å²) in [5.41, 5.74) is 12.8. The van der Waals surface area contributed by atoms with Crippen molar-refractivity contribution in [1.82, 2.24) is 0 Å². The summed E-state index contributed by atoms with van der Waals surface area (Å²) in [7, 11) is 1.58. The van der Waals surface area contributed by atoms with E-state index < -0.39 is 0 Å². The summed E-state index contributed by atoms with van der Waals surface area (Å²) in [5.74, 6) is 3.01. The highest BCUT2D eigenvalue weighted by Crippen LogP contribution is 2.36. The van der Waals surface area contributed by atoms with Crippen molar-refractivity contribution in [3.05, 3.63) is 159 Å². The number of hydrogen-bond acceptors (Lipinski definition) is 7. The van der Waals surface area contributed by atoms with Crippen molar-refractivity contribution in [3.63, 3.8) is 0 Å². The molecule has 1 unspecified atom stereocenters. The van der Waals surface area contributed by atoms with E-state index in [1.54, 1.807) is 12.7 Å². The van der Waals surface area contributed by atoms with Crippen molar-refractivity contribution in [2.24, 2.45) is 11.8 Å². The summed E-state index contributed by atoms with van der Waals surface area (Å²) in [6.45, 7) is 14.2. The standard InChI is InChI=1S/C28H46O2.C20H23NO3.C13H9N/c1-5-24(6-2)20-25(7-3)22-29-17-10-8-9-11-18-30-28-16-15-27(19-23(28)4)21-26-13-12-14-26;1-3-4-15-5-8-17(9-6-15)20(22)24-12-11-16-7-10-19(23-2)18(13-16)14-21;14-13-11-7-3-1-5-9(11)10-6-2-4-8-12(10)13/h15-16,19,21,24-25H,5-14,17-18,20,22H2,1-4H3;5-10,13-14,21H,3-4,11-12H2,1-2H3;1-8,14H. The van der Waals surface area contributed by atoms with Crippen molar-refractivity contribution in [2.45, 2.75) is 125 Å². The summed E-state index contributed by atoms with van der Waals surface area (Å²) < 4.78 is 22.5. The number of carbonyl (C=O) groups is 1. The fourth-order valence-electron chi connectivity index (χ4n) is 8.73. The van der Waals surface area contributed by atoms with Crippen LogP contribution in [0.1, 0.15) is 154 Å². The molecule has 2 aliphatic rings. The Morgan fingerprint density at radius 1 is 0.676 bits per heavy atom. The van der Waals surface area contributed by atoms with E-state index in [4.69, 9.17) is 29.8 Å². The predicted octanol–water partition coefficient (Wildman–Crippen LogP) is 15.5. The molecule has 0 heterocycles. The molecule has 7 nitrogen and oxygen atoms in total. The van der Waals surface area contributed by atoms with Crippen LogP contribution < -0.4 is 9.47 Å². The topological polar surface area (TPSA) is 102 Å². The van der Waals surface area contributed by atoms with Crippen LogP contribution in [0.4, 0.5) is 0 Å². The molecule has 7 heteroatoms. The molecule has 5 aromatic carbocycles. The molecule has 1 fully saturated rings. The summed E-state index contributed by atoms with van der Waals surface area (Å²) in [6, 6.07) is 36.0. The Morgan fingerprint density at radius 2 is 1.29 bits per heavy atom. The number of methoxy groups -OCH3 is 1. The van der Waals surface area contributed by atoms with Gasteiger partial charge in [-0.05, 0) is 140 Å². The van der Waals surface area contributed by atoms with Gasteiger partial charge in [-0.2, -0.15) is 0 Å². The zero-order valence-electron chi connectivity index (χ0n) is 42.0. The van der Waals surface area contributed by atoms with Crippen LogP contribution in [0.3, 0.4) is 0 Å². The van der Waals surface area contributed by atoms with Crippen molar-refractivity contribution < 1.29 is 23.7 Å². The highest BCUT2D eigenvalue weighted by Gasteiger charge is 2.22. The number of hydrogen-bond donors (Lipinski definition) is 2. The second kappa shape index (κ2) is 29.2. The lowest BCUT2D eigenvalue weighted by Gasteiger charge is -2.20. The van der Waals surface area contributed by atoms with Crippen molar-refractivity contribution in [2.75, 3.05) is 33.5 Å². The van der Waals surface area contributed by atoms with E-state index in [-0.39, 0.29) is 5.97 Å². The monoisotopic (exact) mass is 919 g/mol. The van der Waals surface area contributed by atoms with Gasteiger partial charge in [0.2, 0.25) is 0 Å². The van der Waals surface area contributed by atoms with Crippen LogP contribution in [-0.4, -0.2) is 51.4 Å². The molecule has 7 rings (SSSR count). The summed E-state index contributed by atoms with van der Waals surface area (Å²) in [5, 5.41) is 15.4. The number of rotatable bonds is 24. The van der Waals surface area contributed by atoms with Gasteiger partial charge in [-0.3, -0.25) is 5.41 Å². The molecule has 5 aromatic rings. The molecule has 362 valence electrons. The molecular weight excluding hydrogens is 841 g/mol. The first-order valence-electron chi connectivity index (χ1n) is 25.4. The van der Waals surface area contributed by atoms with Crippen molar-refractivity contribution in [1.29, 1.82) is 10.8 Å². The Kier molecular flexibility index (Phi) is 22.8. The van der Waals surface area contributed by atoms with Gasteiger partial charge in [0, 0.05) is 42.5 Å². The van der Waals surface area contributed by atoms with Crippen LogP contribution in [0.25, 0.3) is 17.2 Å². The lowest BCUT2D eigenvalue weighted by atomic mass is 9.89. The molecule has 1 atom stereocenters. The highest BCUT2D eigenvalue weighted by molar-refractivity contribution is 6.22. The van der Waals surface area contributed by atoms with Crippen LogP contribution in [0.2, 0.25) is 0 Å². The third-order valence-electron chi connectivity index (χ3n) is 13.2. The van der Waals surface area contributed by atoms with E-state index >= 15 is 0 Å². The largest absolute Gasteiger partial charge is 0.496 e. The quantitative estimate of drug-likeness (QED) is 0.0358. The van der Waals surface area contributed by atoms with Gasteiger partial charge in [0.15, 0.2) is 0 Å². The average molecular weight is 919 g/mol. The Labute approximate surface area is 408 Å². The number of fused-ring (bicyclic) bond motifs is 3. The highest BCUT2D eigenvalue weighted by atomic mass is 16.5. The number of allylic oxidation sites excluding steroid dienone is 1. The van der Waals surface area contributed by atoms with Gasteiger partial charge in [0.25, 0.3) is 0 Å². The van der Waals surface area contributed by atoms with Gasteiger partial charge < -0.3 is 24.4 Å². The zero-order valence-corrected chi connectivity index (χ0v) is 42.0. The lowest BCUT2D eigenvalue weighted by Crippen LogP contribution is -2.14. The number of carbonyl (C=O) groups excluding carboxylic acids is 1. The number of unbranched alkanes of at least 4 members (excludes halogenated alkanes) is 3. The fraction of sp³-hybridized carbons (Fsp3) is 0.426. The minimum Gasteiger partial charge on any atom is -0.496 e. The van der Waals surface area contributed by atoms with E-state index in [0.717, 1.165) is 73.4 Å². The normalized spacial score (nSPS) is 12.6. The van der Waals surface area contributed by atoms with Crippen molar-refractivity contribution in [3.8, 4) is 22.6 Å². The zero-order chi connectivity index (χ0) is 48.5. The SMILES string of the molecule is CCC(CC)CC(CC)COCCCCCCOc1ccc(C=C2CCC2)cc1C.CCCc1ccc(C(=O)OCCc2ccc(OC)c(C=N)c2)cc1.N=C1c2ccccc2-c2ccccc21. The molecular formula is C61H78N2O5. The molecule has 0 aliphatic heterocycles. The third kappa shape index (κ3) is 16.5. The van der Waals surface area contributed by atoms with Gasteiger partial charge >= 0.3 is 5.97 Å². The number of nitrogens with one attached hydrogen (secondary N) is 2. The smallest absolute Gasteiger partial charge is 0.338 e. The van der Waals surface area contributed by atoms with Gasteiger partial charge in [-0.1, -0.05) is 144 Å². The molecule has 2 N–H and O–H groups in total. The fourth-order valence-corrected chi connectivity index (χ4v) is 8.73. The minimum absolute atomic E-state index is 0.305. The second-order valence-electron chi connectivity index (χ2n) is 18.2. The minimum atomic E-state index is -0.307. The maximum absolute atomic E-state index is 12.0. The molecule has 68 heavy (non-hydrogen) atoms. The lowest BCUT2D eigenvalue weighted by molar-refractivity contribution is 0.0509. The summed E-state index contributed by atoms with van der Waals surface area (Å²) >= 11 is 0. The molecule has 0 amide bonds. The Bertz CT molecular complexity index is 2310. The van der Waals surface area contributed by atoms with Gasteiger partial charge in [0.1, 0.15) is 11.5 Å². The van der Waals surface area contributed by atoms with E-state index in [1.165, 1.54) is 98.2 Å². The number of benzene rings is 5. The second-order valence-corrected chi connectivity index (χ2v) is 18.2. The molecule has 2 aliphatic carbocycles. The van der Waals surface area contributed by atoms with Crippen molar-refractivity contribution >= 4 is 24.0 Å². The van der Waals surface area contributed by atoms with Crippen LogP contribution in [0.15, 0.2) is 115 Å². The summed E-state index contributed by atoms with van der Waals surface area (Å²) in [6.07, 6.45) is 20.1. The van der Waals surface area contributed by atoms with Gasteiger partial charge in [-0.25, -0.2) is 4.79 Å². The number of ether oxygens (including phenoxy) is 4. The number of aryl methyl sites for hydroxylation is 2. The Hall–Kier alpha value is -5.79. The predicted molar refractivity (Wildman–Crippen MR) is 283 cm³/mol. The van der Waals surface area contributed by atoms with Crippen LogP contribution in [0.5, 0.6) is 11.5 Å². The van der Waals surface area contributed by atoms with Crippen LogP contribution in [-0.2, 0) is 22.3 Å². The van der Waals surface area contributed by atoms with E-state index in [0.29, 0.717) is 35.6 Å². The maximum Gasteiger partial charge on any atom is 0.338 e. The molecule has 0 radical (unpaired) electrons. The molecule has 0 bridgehead atoms. The molecule has 0 aromatic heterocycles. The first-order valence-corrected chi connectivity index (χ1v) is 25.4. The molecule has 0 saturated heterocycles. The average Bonchev–Trinajstić information content (AvgIpc) is 3.65. The molecule has 1 saturated carbocycles. The first-order chi connectivity index (χ1) is 33.2. The Morgan fingerprint density at radius 3 is 1.87 bits per heavy atom. The molecule has 0 spiro atoms. The van der Waals surface area contributed by atoms with E-state index in [9.17, 15) is 4.79 Å². The van der Waals surface area contributed by atoms with Gasteiger partial charge in [0.05, 0.1) is 31.6 Å².